The van der Waals surface area contributed by atoms with Crippen LogP contribution in [0.15, 0.2) is 41.2 Å². The zero-order chi connectivity index (χ0) is 36.2. The van der Waals surface area contributed by atoms with Crippen molar-refractivity contribution in [2.24, 2.45) is 0 Å². The Labute approximate surface area is 301 Å². The number of fused-ring (bicyclic) bond motifs is 2. The van der Waals surface area contributed by atoms with Gasteiger partial charge in [0, 0.05) is 49.8 Å². The molecule has 272 valence electrons. The Hall–Kier alpha value is -4.38. The van der Waals surface area contributed by atoms with E-state index in [1.807, 2.05) is 43.5 Å². The van der Waals surface area contributed by atoms with Gasteiger partial charge in [-0.05, 0) is 96.4 Å². The Morgan fingerprint density at radius 3 is 2.53 bits per heavy atom. The van der Waals surface area contributed by atoms with Crippen molar-refractivity contribution in [1.29, 1.82) is 0 Å². The van der Waals surface area contributed by atoms with Gasteiger partial charge in [0.15, 0.2) is 6.23 Å². The van der Waals surface area contributed by atoms with E-state index in [2.05, 4.69) is 67.3 Å². The Kier molecular flexibility index (Phi) is 9.37. The van der Waals surface area contributed by atoms with Crippen LogP contribution < -0.4 is 15.5 Å². The summed E-state index contributed by atoms with van der Waals surface area (Å²) in [4.78, 5) is 38.7. The SMILES string of the molecule is Cc1ccc2c(c(C)nn2C2CCCCO2)c1N1CCc2c(N3CCN(C(=O)OC(C)(C)C)C[C@@H]3C)nc(=O)n(-c3ccccc3C(C)C)c2C1. The van der Waals surface area contributed by atoms with Crippen LogP contribution in [0.2, 0.25) is 0 Å². The molecule has 0 saturated carbocycles. The van der Waals surface area contributed by atoms with Crippen molar-refractivity contribution in [2.45, 2.75) is 111 Å². The van der Waals surface area contributed by atoms with E-state index in [1.54, 1.807) is 4.90 Å². The summed E-state index contributed by atoms with van der Waals surface area (Å²) in [5, 5.41) is 6.19. The summed E-state index contributed by atoms with van der Waals surface area (Å²) in [6, 6.07) is 12.5. The number of para-hydroxylation sites is 1. The molecule has 2 fully saturated rings. The number of anilines is 2. The van der Waals surface area contributed by atoms with Crippen LogP contribution in [0.1, 0.15) is 101 Å². The van der Waals surface area contributed by atoms with Crippen molar-refractivity contribution < 1.29 is 14.3 Å². The lowest BCUT2D eigenvalue weighted by molar-refractivity contribution is -0.0368. The average Bonchev–Trinajstić information content (AvgIpc) is 3.43. The molecule has 2 saturated heterocycles. The first-order chi connectivity index (χ1) is 24.3. The minimum Gasteiger partial charge on any atom is -0.444 e. The van der Waals surface area contributed by atoms with Gasteiger partial charge in [-0.15, -0.1) is 0 Å². The minimum atomic E-state index is -0.565. The molecule has 2 aromatic heterocycles. The average molecular weight is 696 g/mol. The standard InChI is InChI=1S/C40H53N7O4/c1-25(2)29-13-9-10-14-31(29)46-33-24-43(36-26(3)16-17-32-35(36)28(5)42-47(32)34-15-11-12-22-50-34)19-18-30(33)37(41-38(46)48)45-21-20-44(23-27(45)4)39(49)51-40(6,7)8/h9-10,13-14,16-17,25,27,34H,11-12,15,18-24H2,1-8H3/t27-,34?/m0/s1. The number of ether oxygens (including phenoxy) is 2. The summed E-state index contributed by atoms with van der Waals surface area (Å²) in [7, 11) is 0. The number of rotatable bonds is 5. The minimum absolute atomic E-state index is 0.0504. The van der Waals surface area contributed by atoms with Gasteiger partial charge in [0.1, 0.15) is 11.4 Å². The molecule has 2 atom stereocenters. The Morgan fingerprint density at radius 2 is 1.82 bits per heavy atom. The molecule has 0 bridgehead atoms. The fourth-order valence-corrected chi connectivity index (χ4v) is 8.18. The lowest BCUT2D eigenvalue weighted by atomic mass is 9.98. The number of piperazine rings is 1. The molecular formula is C40H53N7O4. The summed E-state index contributed by atoms with van der Waals surface area (Å²) in [5.74, 6) is 0.952. The molecule has 11 nitrogen and oxygen atoms in total. The van der Waals surface area contributed by atoms with Gasteiger partial charge in [-0.3, -0.25) is 4.57 Å². The topological polar surface area (TPSA) is 98.0 Å². The molecule has 3 aliphatic rings. The first-order valence-corrected chi connectivity index (χ1v) is 18.7. The van der Waals surface area contributed by atoms with Gasteiger partial charge >= 0.3 is 11.8 Å². The quantitative estimate of drug-likeness (QED) is 0.220. The van der Waals surface area contributed by atoms with Gasteiger partial charge in [0.2, 0.25) is 0 Å². The number of carbonyl (C=O) groups excluding carboxylic acids is 1. The number of nitrogens with zero attached hydrogens (tertiary/aromatic N) is 7. The normalized spacial score (nSPS) is 19.9. The molecule has 11 heteroatoms. The second-order valence-electron chi connectivity index (χ2n) is 15.8. The molecule has 0 N–H and O–H groups in total. The number of aryl methyl sites for hydroxylation is 2. The molecule has 0 radical (unpaired) electrons. The zero-order valence-electron chi connectivity index (χ0n) is 31.5. The van der Waals surface area contributed by atoms with E-state index in [0.717, 1.165) is 89.4 Å². The van der Waals surface area contributed by atoms with Crippen LogP contribution in [0.3, 0.4) is 0 Å². The lowest BCUT2D eigenvalue weighted by Gasteiger charge is -2.42. The number of hydrogen-bond acceptors (Lipinski definition) is 8. The van der Waals surface area contributed by atoms with Crippen molar-refractivity contribution in [3.63, 3.8) is 0 Å². The summed E-state index contributed by atoms with van der Waals surface area (Å²) in [5.41, 5.74) is 7.60. The van der Waals surface area contributed by atoms with Crippen LogP contribution in [0, 0.1) is 13.8 Å². The Bertz CT molecular complexity index is 2000. The first kappa shape index (κ1) is 35.0. The Morgan fingerprint density at radius 1 is 1.04 bits per heavy atom. The molecule has 5 heterocycles. The predicted octanol–water partition coefficient (Wildman–Crippen LogP) is 7.03. The van der Waals surface area contributed by atoms with Crippen molar-refractivity contribution in [1.82, 2.24) is 24.2 Å². The molecule has 2 aromatic carbocycles. The number of aromatic nitrogens is 4. The predicted molar refractivity (Wildman–Crippen MR) is 201 cm³/mol. The van der Waals surface area contributed by atoms with E-state index in [4.69, 9.17) is 19.6 Å². The molecular weight excluding hydrogens is 642 g/mol. The number of amides is 1. The van der Waals surface area contributed by atoms with Crippen LogP contribution in [0.5, 0.6) is 0 Å². The van der Waals surface area contributed by atoms with Crippen LogP contribution in [-0.2, 0) is 22.4 Å². The van der Waals surface area contributed by atoms with E-state index in [-0.39, 0.29) is 30.0 Å². The summed E-state index contributed by atoms with van der Waals surface area (Å²) >= 11 is 0. The van der Waals surface area contributed by atoms with Crippen LogP contribution >= 0.6 is 0 Å². The summed E-state index contributed by atoms with van der Waals surface area (Å²) < 4.78 is 15.8. The largest absolute Gasteiger partial charge is 0.444 e. The van der Waals surface area contributed by atoms with E-state index in [1.165, 1.54) is 5.56 Å². The summed E-state index contributed by atoms with van der Waals surface area (Å²) in [6.45, 7) is 20.0. The van der Waals surface area contributed by atoms with Crippen LogP contribution in [0.4, 0.5) is 16.3 Å². The zero-order valence-corrected chi connectivity index (χ0v) is 31.5. The van der Waals surface area contributed by atoms with E-state index in [9.17, 15) is 9.59 Å². The highest BCUT2D eigenvalue weighted by Gasteiger charge is 2.35. The molecule has 51 heavy (non-hydrogen) atoms. The van der Waals surface area contributed by atoms with Gasteiger partial charge < -0.3 is 24.2 Å². The van der Waals surface area contributed by atoms with Crippen LogP contribution in [-0.4, -0.2) is 74.8 Å². The van der Waals surface area contributed by atoms with Gasteiger partial charge in [0.05, 0.1) is 34.8 Å². The molecule has 4 aromatic rings. The van der Waals surface area contributed by atoms with Crippen molar-refractivity contribution >= 4 is 28.5 Å². The highest BCUT2D eigenvalue weighted by atomic mass is 16.6. The third-order valence-electron chi connectivity index (χ3n) is 10.6. The third kappa shape index (κ3) is 6.61. The lowest BCUT2D eigenvalue weighted by Crippen LogP contribution is -2.55. The van der Waals surface area contributed by atoms with Crippen molar-refractivity contribution in [3.05, 3.63) is 75.0 Å². The maximum absolute atomic E-state index is 14.4. The number of hydrogen-bond donors (Lipinski definition) is 0. The smallest absolute Gasteiger partial charge is 0.410 e. The first-order valence-electron chi connectivity index (χ1n) is 18.7. The molecule has 1 unspecified atom stereocenters. The molecule has 0 aliphatic carbocycles. The van der Waals surface area contributed by atoms with Crippen molar-refractivity contribution in [3.8, 4) is 5.69 Å². The van der Waals surface area contributed by atoms with E-state index < -0.39 is 5.60 Å². The fourth-order valence-electron chi connectivity index (χ4n) is 8.18. The Balaban J connectivity index is 1.32. The second kappa shape index (κ2) is 13.6. The van der Waals surface area contributed by atoms with Crippen LogP contribution in [0.25, 0.3) is 16.6 Å². The number of carbonyl (C=O) groups is 1. The molecule has 0 spiro atoms. The maximum Gasteiger partial charge on any atom is 0.410 e. The monoisotopic (exact) mass is 695 g/mol. The highest BCUT2D eigenvalue weighted by molar-refractivity contribution is 5.96. The van der Waals surface area contributed by atoms with E-state index >= 15 is 0 Å². The highest BCUT2D eigenvalue weighted by Crippen LogP contribution is 2.40. The van der Waals surface area contributed by atoms with E-state index in [0.29, 0.717) is 26.2 Å². The summed E-state index contributed by atoms with van der Waals surface area (Å²) in [6.07, 6.45) is 3.53. The second-order valence-corrected chi connectivity index (χ2v) is 15.8. The number of benzene rings is 2. The van der Waals surface area contributed by atoms with Crippen molar-refractivity contribution in [2.75, 3.05) is 42.6 Å². The molecule has 1 amide bonds. The fraction of sp³-hybridized carbons (Fsp3) is 0.550. The van der Waals surface area contributed by atoms with Gasteiger partial charge in [-0.1, -0.05) is 38.1 Å². The van der Waals surface area contributed by atoms with Gasteiger partial charge in [-0.25, -0.2) is 14.3 Å². The molecule has 3 aliphatic heterocycles. The maximum atomic E-state index is 14.4. The van der Waals surface area contributed by atoms with Gasteiger partial charge in [0.25, 0.3) is 0 Å². The molecule has 7 rings (SSSR count). The third-order valence-corrected chi connectivity index (χ3v) is 10.6. The van der Waals surface area contributed by atoms with Gasteiger partial charge in [-0.2, -0.15) is 10.1 Å².